The number of guanidine groups is 1. The first-order valence-electron chi connectivity index (χ1n) is 10.2. The van der Waals surface area contributed by atoms with E-state index in [1.54, 1.807) is 0 Å². The number of aromatic nitrogens is 2. The number of aliphatic imine (C=N–C) groups is 1. The Labute approximate surface area is 175 Å². The van der Waals surface area contributed by atoms with Crippen molar-refractivity contribution in [1.29, 1.82) is 5.26 Å². The monoisotopic (exact) mass is 397 g/mol. The van der Waals surface area contributed by atoms with E-state index in [1.165, 1.54) is 5.56 Å². The maximum Gasteiger partial charge on any atom is 0.217 e. The van der Waals surface area contributed by atoms with Crippen LogP contribution in [-0.4, -0.2) is 52.5 Å². The van der Waals surface area contributed by atoms with Crippen molar-refractivity contribution in [1.82, 2.24) is 14.9 Å². The number of rotatable bonds is 2. The summed E-state index contributed by atoms with van der Waals surface area (Å²) in [6.45, 7) is 6.70. The molecule has 0 bridgehead atoms. The second-order valence-corrected chi connectivity index (χ2v) is 7.83. The van der Waals surface area contributed by atoms with Crippen LogP contribution in [0.5, 0.6) is 0 Å². The number of piperazine rings is 1. The molecular weight excluding hydrogens is 374 g/mol. The SMILES string of the molecule is Cc1ccccc1N1C(=NC#N)N2CCN(c3cnc4ccccc4n3)C[C@@H]2C1C. The molecular formula is C23H23N7. The molecule has 0 radical (unpaired) electrons. The van der Waals surface area contributed by atoms with E-state index < -0.39 is 0 Å². The van der Waals surface area contributed by atoms with Gasteiger partial charge in [-0.3, -0.25) is 4.98 Å². The van der Waals surface area contributed by atoms with E-state index in [4.69, 9.17) is 4.98 Å². The van der Waals surface area contributed by atoms with Gasteiger partial charge in [-0.25, -0.2) is 4.98 Å². The predicted octanol–water partition coefficient (Wildman–Crippen LogP) is 3.17. The fourth-order valence-corrected chi connectivity index (χ4v) is 4.60. The minimum atomic E-state index is 0.175. The molecule has 2 saturated heterocycles. The molecule has 0 aliphatic carbocycles. The van der Waals surface area contributed by atoms with Crippen LogP contribution in [0.25, 0.3) is 11.0 Å². The smallest absolute Gasteiger partial charge is 0.217 e. The summed E-state index contributed by atoms with van der Waals surface area (Å²) in [6.07, 6.45) is 3.88. The molecule has 2 atom stereocenters. The molecule has 0 spiro atoms. The van der Waals surface area contributed by atoms with E-state index in [0.29, 0.717) is 0 Å². The average Bonchev–Trinajstić information content (AvgIpc) is 3.05. The standard InChI is InChI=1S/C23H23N7/c1-16-7-3-6-10-20(16)30-17(2)21-14-28(11-12-29(21)23(30)26-15-24)22-13-25-18-8-4-5-9-19(18)27-22/h3-10,13,17,21H,11-12,14H2,1-2H3/t17?,21-/m1/s1. The lowest BCUT2D eigenvalue weighted by Gasteiger charge is -2.38. The zero-order valence-corrected chi connectivity index (χ0v) is 17.1. The molecule has 150 valence electrons. The Morgan fingerprint density at radius 1 is 1.07 bits per heavy atom. The second kappa shape index (κ2) is 7.30. The lowest BCUT2D eigenvalue weighted by atomic mass is 10.1. The van der Waals surface area contributed by atoms with Crippen molar-refractivity contribution in [3.05, 3.63) is 60.3 Å². The second-order valence-electron chi connectivity index (χ2n) is 7.83. The Hall–Kier alpha value is -3.66. The van der Waals surface area contributed by atoms with E-state index in [0.717, 1.165) is 48.1 Å². The normalized spacial score (nSPS) is 22.4. The van der Waals surface area contributed by atoms with Gasteiger partial charge in [0, 0.05) is 25.3 Å². The van der Waals surface area contributed by atoms with Crippen molar-refractivity contribution in [2.24, 2.45) is 4.99 Å². The summed E-state index contributed by atoms with van der Waals surface area (Å²) in [6, 6.07) is 16.6. The van der Waals surface area contributed by atoms with Crippen LogP contribution in [0.1, 0.15) is 12.5 Å². The molecule has 3 aromatic rings. The van der Waals surface area contributed by atoms with Crippen LogP contribution in [0.15, 0.2) is 59.7 Å². The summed E-state index contributed by atoms with van der Waals surface area (Å²) >= 11 is 0. The van der Waals surface area contributed by atoms with E-state index >= 15 is 0 Å². The predicted molar refractivity (Wildman–Crippen MR) is 118 cm³/mol. The molecule has 2 aliphatic heterocycles. The fourth-order valence-electron chi connectivity index (χ4n) is 4.60. The molecule has 2 fully saturated rings. The lowest BCUT2D eigenvalue weighted by Crippen LogP contribution is -2.54. The number of benzene rings is 2. The van der Waals surface area contributed by atoms with Gasteiger partial charge in [0.1, 0.15) is 5.82 Å². The van der Waals surface area contributed by atoms with Gasteiger partial charge in [-0.2, -0.15) is 5.26 Å². The van der Waals surface area contributed by atoms with Crippen LogP contribution < -0.4 is 9.80 Å². The minimum absolute atomic E-state index is 0.175. The molecule has 2 aliphatic rings. The number of hydrogen-bond acceptors (Lipinski definition) is 5. The van der Waals surface area contributed by atoms with Gasteiger partial charge in [0.25, 0.3) is 0 Å². The third kappa shape index (κ3) is 2.92. The van der Waals surface area contributed by atoms with Crippen molar-refractivity contribution in [2.45, 2.75) is 25.9 Å². The molecule has 1 aromatic heterocycles. The van der Waals surface area contributed by atoms with E-state index in [9.17, 15) is 5.26 Å². The third-order valence-electron chi connectivity index (χ3n) is 6.14. The number of nitrogens with zero attached hydrogens (tertiary/aromatic N) is 7. The summed E-state index contributed by atoms with van der Waals surface area (Å²) in [4.78, 5) is 20.4. The largest absolute Gasteiger partial charge is 0.351 e. The molecule has 7 nitrogen and oxygen atoms in total. The highest BCUT2D eigenvalue weighted by molar-refractivity contribution is 6.00. The van der Waals surface area contributed by atoms with Crippen molar-refractivity contribution < 1.29 is 0 Å². The first kappa shape index (κ1) is 18.4. The highest BCUT2D eigenvalue weighted by atomic mass is 15.5. The van der Waals surface area contributed by atoms with Crippen LogP contribution in [0.2, 0.25) is 0 Å². The van der Waals surface area contributed by atoms with Gasteiger partial charge in [-0.15, -0.1) is 4.99 Å². The topological polar surface area (TPSA) is 71.7 Å². The summed E-state index contributed by atoms with van der Waals surface area (Å²) < 4.78 is 0. The highest BCUT2D eigenvalue weighted by Crippen LogP contribution is 2.34. The average molecular weight is 397 g/mol. The first-order valence-corrected chi connectivity index (χ1v) is 10.2. The van der Waals surface area contributed by atoms with Crippen molar-refractivity contribution in [3.63, 3.8) is 0 Å². The molecule has 0 amide bonds. The maximum atomic E-state index is 9.35. The highest BCUT2D eigenvalue weighted by Gasteiger charge is 2.45. The quantitative estimate of drug-likeness (QED) is 0.619. The number of hydrogen-bond donors (Lipinski definition) is 0. The zero-order chi connectivity index (χ0) is 20.7. The third-order valence-corrected chi connectivity index (χ3v) is 6.14. The molecule has 3 heterocycles. The lowest BCUT2D eigenvalue weighted by molar-refractivity contribution is 0.288. The Morgan fingerprint density at radius 3 is 2.63 bits per heavy atom. The van der Waals surface area contributed by atoms with Gasteiger partial charge in [0.05, 0.1) is 29.3 Å². The van der Waals surface area contributed by atoms with Gasteiger partial charge < -0.3 is 14.7 Å². The number of fused-ring (bicyclic) bond motifs is 2. The Kier molecular flexibility index (Phi) is 4.47. The van der Waals surface area contributed by atoms with Gasteiger partial charge in [-0.1, -0.05) is 30.3 Å². The Balaban J connectivity index is 1.48. The number of nitriles is 1. The van der Waals surface area contributed by atoms with Gasteiger partial charge in [0.2, 0.25) is 12.2 Å². The van der Waals surface area contributed by atoms with Crippen LogP contribution in [-0.2, 0) is 0 Å². The van der Waals surface area contributed by atoms with Crippen LogP contribution in [0.3, 0.4) is 0 Å². The summed E-state index contributed by atoms with van der Waals surface area (Å²) in [7, 11) is 0. The van der Waals surface area contributed by atoms with Crippen LogP contribution in [0, 0.1) is 18.4 Å². The molecule has 30 heavy (non-hydrogen) atoms. The molecule has 0 N–H and O–H groups in total. The molecule has 5 rings (SSSR count). The number of anilines is 2. The fraction of sp³-hybridized carbons (Fsp3) is 0.304. The molecule has 7 heteroatoms. The Bertz CT molecular complexity index is 1170. The van der Waals surface area contributed by atoms with Crippen LogP contribution in [0.4, 0.5) is 11.5 Å². The number of aryl methyl sites for hydroxylation is 1. The molecule has 1 unspecified atom stereocenters. The van der Waals surface area contributed by atoms with Crippen molar-refractivity contribution in [3.8, 4) is 6.19 Å². The zero-order valence-electron chi connectivity index (χ0n) is 17.1. The number of para-hydroxylation sites is 3. The van der Waals surface area contributed by atoms with E-state index in [-0.39, 0.29) is 12.1 Å². The van der Waals surface area contributed by atoms with Gasteiger partial charge in [0.15, 0.2) is 0 Å². The minimum Gasteiger partial charge on any atom is -0.351 e. The summed E-state index contributed by atoms with van der Waals surface area (Å²) in [5.41, 5.74) is 4.09. The van der Waals surface area contributed by atoms with Crippen molar-refractivity contribution in [2.75, 3.05) is 29.4 Å². The van der Waals surface area contributed by atoms with Gasteiger partial charge >= 0.3 is 0 Å². The summed E-state index contributed by atoms with van der Waals surface area (Å²) in [5, 5.41) is 9.35. The summed E-state index contributed by atoms with van der Waals surface area (Å²) in [5.74, 6) is 1.64. The van der Waals surface area contributed by atoms with E-state index in [1.807, 2.05) is 48.8 Å². The van der Waals surface area contributed by atoms with Crippen molar-refractivity contribution >= 4 is 28.5 Å². The van der Waals surface area contributed by atoms with E-state index in [2.05, 4.69) is 50.7 Å². The molecule has 0 saturated carbocycles. The van der Waals surface area contributed by atoms with Gasteiger partial charge in [-0.05, 0) is 37.6 Å². The Morgan fingerprint density at radius 2 is 1.83 bits per heavy atom. The maximum absolute atomic E-state index is 9.35. The van der Waals surface area contributed by atoms with Crippen LogP contribution >= 0.6 is 0 Å². The molecule has 2 aromatic carbocycles. The first-order chi connectivity index (χ1) is 14.7.